The minimum atomic E-state index is 0.0831. The average Bonchev–Trinajstić information content (AvgIpc) is 2.55. The van der Waals surface area contributed by atoms with E-state index < -0.39 is 0 Å². The lowest BCUT2D eigenvalue weighted by Gasteiger charge is -2.32. The van der Waals surface area contributed by atoms with Gasteiger partial charge in [-0.2, -0.15) is 0 Å². The van der Waals surface area contributed by atoms with Crippen molar-refractivity contribution in [1.82, 2.24) is 5.32 Å². The van der Waals surface area contributed by atoms with Gasteiger partial charge in [0.25, 0.3) is 0 Å². The maximum atomic E-state index is 12.3. The minimum Gasteiger partial charge on any atom is -0.353 e. The number of rotatable bonds is 4. The number of nitrogens with two attached hydrogens (primary N) is 1. The molecule has 0 heterocycles. The van der Waals surface area contributed by atoms with Crippen LogP contribution in [0.4, 0.5) is 0 Å². The first-order valence-corrected chi connectivity index (χ1v) is 7.45. The van der Waals surface area contributed by atoms with Crippen LogP contribution in [0.3, 0.4) is 0 Å². The maximum Gasteiger partial charge on any atom is 0.223 e. The van der Waals surface area contributed by atoms with Crippen LogP contribution < -0.4 is 11.1 Å². The molecule has 0 aromatic rings. The van der Waals surface area contributed by atoms with Crippen molar-refractivity contribution < 1.29 is 4.79 Å². The molecule has 0 spiro atoms. The third-order valence-electron chi connectivity index (χ3n) is 4.04. The summed E-state index contributed by atoms with van der Waals surface area (Å²) >= 11 is 0. The number of carbonyl (C=O) groups excluding carboxylic acids is 1. The summed E-state index contributed by atoms with van der Waals surface area (Å²) in [6, 6.07) is 0.193. The zero-order valence-electron chi connectivity index (χ0n) is 12.3. The van der Waals surface area contributed by atoms with Gasteiger partial charge in [0.15, 0.2) is 0 Å². The minimum absolute atomic E-state index is 0.0831. The van der Waals surface area contributed by atoms with Crippen LogP contribution >= 0.6 is 0 Å². The van der Waals surface area contributed by atoms with E-state index in [2.05, 4.69) is 26.1 Å². The normalized spacial score (nSPS) is 20.2. The predicted octanol–water partition coefficient (Wildman–Crippen LogP) is 2.84. The van der Waals surface area contributed by atoms with Crippen molar-refractivity contribution >= 4 is 5.91 Å². The first-order valence-electron chi connectivity index (χ1n) is 7.45. The Morgan fingerprint density at radius 2 is 1.78 bits per heavy atom. The summed E-state index contributed by atoms with van der Waals surface area (Å²) in [5.41, 5.74) is 5.74. The van der Waals surface area contributed by atoms with E-state index in [0.717, 1.165) is 19.3 Å². The molecule has 3 nitrogen and oxygen atoms in total. The molecule has 1 unspecified atom stereocenters. The van der Waals surface area contributed by atoms with E-state index in [9.17, 15) is 4.79 Å². The van der Waals surface area contributed by atoms with E-state index in [1.165, 1.54) is 25.7 Å². The molecule has 0 radical (unpaired) electrons. The molecule has 3 N–H and O–H groups in total. The lowest BCUT2D eigenvalue weighted by Crippen LogP contribution is -2.47. The molecule has 1 fully saturated rings. The number of carbonyl (C=O) groups is 1. The zero-order chi connectivity index (χ0) is 13.6. The van der Waals surface area contributed by atoms with E-state index in [4.69, 9.17) is 5.73 Å². The molecule has 3 heteroatoms. The van der Waals surface area contributed by atoms with Crippen molar-refractivity contribution in [2.24, 2.45) is 17.1 Å². The molecule has 0 aromatic carbocycles. The van der Waals surface area contributed by atoms with Crippen LogP contribution in [0.2, 0.25) is 0 Å². The van der Waals surface area contributed by atoms with Gasteiger partial charge in [-0.05, 0) is 31.2 Å². The van der Waals surface area contributed by atoms with Crippen LogP contribution in [0.25, 0.3) is 0 Å². The van der Waals surface area contributed by atoms with Crippen LogP contribution in [0.5, 0.6) is 0 Å². The molecule has 18 heavy (non-hydrogen) atoms. The number of hydrogen-bond donors (Lipinski definition) is 2. The summed E-state index contributed by atoms with van der Waals surface area (Å²) < 4.78 is 0. The molecule has 0 aliphatic heterocycles. The standard InChI is InChI=1S/C15H30N2O/c1-15(2,3)13(10-11-16)17-14(18)12-8-6-4-5-7-9-12/h12-13H,4-11,16H2,1-3H3,(H,17,18). The first-order chi connectivity index (χ1) is 8.45. The van der Waals surface area contributed by atoms with Gasteiger partial charge in [0.1, 0.15) is 0 Å². The Hall–Kier alpha value is -0.570. The van der Waals surface area contributed by atoms with Gasteiger partial charge in [-0.25, -0.2) is 0 Å². The molecule has 1 aliphatic carbocycles. The van der Waals surface area contributed by atoms with Crippen molar-refractivity contribution in [2.45, 2.75) is 71.8 Å². The van der Waals surface area contributed by atoms with Gasteiger partial charge in [-0.3, -0.25) is 4.79 Å². The highest BCUT2D eigenvalue weighted by atomic mass is 16.1. The van der Waals surface area contributed by atoms with Crippen molar-refractivity contribution in [1.29, 1.82) is 0 Å². The third-order valence-corrected chi connectivity index (χ3v) is 4.04. The monoisotopic (exact) mass is 254 g/mol. The van der Waals surface area contributed by atoms with Gasteiger partial charge >= 0.3 is 0 Å². The Kier molecular flexibility index (Phi) is 6.13. The van der Waals surface area contributed by atoms with Crippen LogP contribution in [-0.2, 0) is 4.79 Å². The van der Waals surface area contributed by atoms with E-state index in [1.54, 1.807) is 0 Å². The summed E-state index contributed by atoms with van der Waals surface area (Å²) in [5.74, 6) is 0.486. The molecular weight excluding hydrogens is 224 g/mol. The third kappa shape index (κ3) is 4.97. The second-order valence-electron chi connectivity index (χ2n) is 6.69. The zero-order valence-corrected chi connectivity index (χ0v) is 12.3. The highest BCUT2D eigenvalue weighted by Crippen LogP contribution is 2.25. The van der Waals surface area contributed by atoms with Crippen LogP contribution in [0, 0.1) is 11.3 Å². The Morgan fingerprint density at radius 3 is 2.22 bits per heavy atom. The second kappa shape index (κ2) is 7.13. The first kappa shape index (κ1) is 15.5. The lowest BCUT2D eigenvalue weighted by molar-refractivity contribution is -0.127. The van der Waals surface area contributed by atoms with Crippen LogP contribution in [-0.4, -0.2) is 18.5 Å². The second-order valence-corrected chi connectivity index (χ2v) is 6.69. The molecule has 1 atom stereocenters. The Morgan fingerprint density at radius 1 is 1.22 bits per heavy atom. The molecule has 1 saturated carbocycles. The summed E-state index contributed by atoms with van der Waals surface area (Å²) in [7, 11) is 0. The smallest absolute Gasteiger partial charge is 0.223 e. The molecule has 106 valence electrons. The number of hydrogen-bond acceptors (Lipinski definition) is 2. The fraction of sp³-hybridized carbons (Fsp3) is 0.933. The molecule has 0 aromatic heterocycles. The summed E-state index contributed by atoms with van der Waals surface area (Å²) in [6.45, 7) is 7.13. The Balaban J connectivity index is 2.54. The Bertz CT molecular complexity index is 250. The lowest BCUT2D eigenvalue weighted by atomic mass is 9.84. The summed E-state index contributed by atoms with van der Waals surface area (Å²) in [4.78, 5) is 12.3. The predicted molar refractivity (Wildman–Crippen MR) is 76.2 cm³/mol. The average molecular weight is 254 g/mol. The van der Waals surface area contributed by atoms with E-state index in [0.29, 0.717) is 6.54 Å². The molecular formula is C15H30N2O. The van der Waals surface area contributed by atoms with Gasteiger partial charge in [0.05, 0.1) is 0 Å². The molecule has 0 bridgehead atoms. The summed E-state index contributed by atoms with van der Waals surface area (Å²) in [5, 5.41) is 3.24. The fourth-order valence-corrected chi connectivity index (χ4v) is 2.72. The van der Waals surface area contributed by atoms with Crippen molar-refractivity contribution in [3.05, 3.63) is 0 Å². The number of amides is 1. The maximum absolute atomic E-state index is 12.3. The number of nitrogens with one attached hydrogen (secondary N) is 1. The van der Waals surface area contributed by atoms with Crippen LogP contribution in [0.15, 0.2) is 0 Å². The van der Waals surface area contributed by atoms with E-state index in [1.807, 2.05) is 0 Å². The highest BCUT2D eigenvalue weighted by Gasteiger charge is 2.28. The van der Waals surface area contributed by atoms with Gasteiger partial charge < -0.3 is 11.1 Å². The molecule has 1 aliphatic rings. The highest BCUT2D eigenvalue weighted by molar-refractivity contribution is 5.79. The largest absolute Gasteiger partial charge is 0.353 e. The van der Waals surface area contributed by atoms with Crippen molar-refractivity contribution in [3.8, 4) is 0 Å². The Labute approximate surface area is 112 Å². The van der Waals surface area contributed by atoms with Crippen molar-refractivity contribution in [2.75, 3.05) is 6.54 Å². The molecule has 1 rings (SSSR count). The van der Waals surface area contributed by atoms with Gasteiger partial charge in [0, 0.05) is 12.0 Å². The fourth-order valence-electron chi connectivity index (χ4n) is 2.72. The quantitative estimate of drug-likeness (QED) is 0.758. The van der Waals surface area contributed by atoms with Crippen LogP contribution in [0.1, 0.15) is 65.7 Å². The SMILES string of the molecule is CC(C)(C)C(CCN)NC(=O)C1CCCCCC1. The summed E-state index contributed by atoms with van der Waals surface area (Å²) in [6.07, 6.45) is 7.97. The van der Waals surface area contributed by atoms with Gasteiger partial charge in [0.2, 0.25) is 5.91 Å². The van der Waals surface area contributed by atoms with Gasteiger partial charge in [-0.1, -0.05) is 46.5 Å². The van der Waals surface area contributed by atoms with Gasteiger partial charge in [-0.15, -0.1) is 0 Å². The molecule has 1 amide bonds. The molecule has 0 saturated heterocycles. The van der Waals surface area contributed by atoms with Crippen molar-refractivity contribution in [3.63, 3.8) is 0 Å². The topological polar surface area (TPSA) is 55.1 Å². The van der Waals surface area contributed by atoms with E-state index in [-0.39, 0.29) is 23.3 Å². The van der Waals surface area contributed by atoms with E-state index >= 15 is 0 Å².